The van der Waals surface area contributed by atoms with Crippen molar-refractivity contribution in [1.82, 2.24) is 15.3 Å². The Bertz CT molecular complexity index is 1030. The van der Waals surface area contributed by atoms with Crippen LogP contribution in [0.25, 0.3) is 10.8 Å². The van der Waals surface area contributed by atoms with Crippen molar-refractivity contribution < 1.29 is 4.79 Å². The van der Waals surface area contributed by atoms with Gasteiger partial charge < -0.3 is 10.3 Å². The van der Waals surface area contributed by atoms with Crippen LogP contribution in [0.4, 0.5) is 0 Å². The summed E-state index contributed by atoms with van der Waals surface area (Å²) in [4.78, 5) is 20.1. The van der Waals surface area contributed by atoms with Crippen molar-refractivity contribution in [3.8, 4) is 0 Å². The molecule has 1 amide bonds. The van der Waals surface area contributed by atoms with E-state index in [9.17, 15) is 4.79 Å². The van der Waals surface area contributed by atoms with Gasteiger partial charge in [0.05, 0.1) is 12.5 Å². The van der Waals surface area contributed by atoms with Crippen LogP contribution in [0.3, 0.4) is 0 Å². The zero-order chi connectivity index (χ0) is 18.5. The molecule has 0 saturated carbocycles. The Morgan fingerprint density at radius 1 is 0.963 bits per heavy atom. The lowest BCUT2D eigenvalue weighted by Gasteiger charge is -2.18. The third-order valence-corrected chi connectivity index (χ3v) is 4.67. The van der Waals surface area contributed by atoms with Crippen molar-refractivity contribution >= 4 is 16.7 Å². The Labute approximate surface area is 158 Å². The highest BCUT2D eigenvalue weighted by atomic mass is 16.1. The summed E-state index contributed by atoms with van der Waals surface area (Å²) in [6, 6.07) is 24.2. The molecule has 0 spiro atoms. The number of hydrogen-bond acceptors (Lipinski definition) is 2. The molecule has 4 aromatic rings. The van der Waals surface area contributed by atoms with Crippen molar-refractivity contribution in [1.29, 1.82) is 0 Å². The van der Waals surface area contributed by atoms with Crippen LogP contribution in [-0.2, 0) is 17.6 Å². The fourth-order valence-corrected chi connectivity index (χ4v) is 3.32. The molecule has 3 aromatic carbocycles. The Kier molecular flexibility index (Phi) is 4.97. The van der Waals surface area contributed by atoms with Crippen molar-refractivity contribution in [3.05, 3.63) is 102 Å². The molecule has 2 N–H and O–H groups in total. The van der Waals surface area contributed by atoms with Crippen LogP contribution in [0, 0.1) is 0 Å². The topological polar surface area (TPSA) is 57.8 Å². The molecule has 4 heteroatoms. The summed E-state index contributed by atoms with van der Waals surface area (Å²) in [5.74, 6) is 0.862. The van der Waals surface area contributed by atoms with Crippen LogP contribution in [-0.4, -0.2) is 15.9 Å². The number of carbonyl (C=O) groups is 1. The Hall–Kier alpha value is -3.40. The minimum Gasteiger partial charge on any atom is -0.349 e. The molecule has 0 bridgehead atoms. The second kappa shape index (κ2) is 7.87. The van der Waals surface area contributed by atoms with Crippen LogP contribution in [0.5, 0.6) is 0 Å². The zero-order valence-corrected chi connectivity index (χ0v) is 14.9. The van der Waals surface area contributed by atoms with Gasteiger partial charge in [-0.25, -0.2) is 4.98 Å². The second-order valence-corrected chi connectivity index (χ2v) is 6.63. The summed E-state index contributed by atoms with van der Waals surface area (Å²) in [6.07, 6.45) is 4.51. The Morgan fingerprint density at radius 3 is 2.52 bits per heavy atom. The SMILES string of the molecule is O=C(Cc1ccc2ccccc2c1)NC(Cc1ncc[nH]1)c1ccccc1. The summed E-state index contributed by atoms with van der Waals surface area (Å²) < 4.78 is 0. The number of amides is 1. The van der Waals surface area contributed by atoms with Gasteiger partial charge in [0, 0.05) is 18.8 Å². The Morgan fingerprint density at radius 2 is 1.74 bits per heavy atom. The maximum atomic E-state index is 12.7. The number of rotatable bonds is 6. The Balaban J connectivity index is 1.50. The summed E-state index contributed by atoms with van der Waals surface area (Å²) in [7, 11) is 0. The number of aromatic nitrogens is 2. The molecular formula is C23H21N3O. The van der Waals surface area contributed by atoms with Gasteiger partial charge in [-0.3, -0.25) is 4.79 Å². The summed E-state index contributed by atoms with van der Waals surface area (Å²) >= 11 is 0. The highest BCUT2D eigenvalue weighted by Gasteiger charge is 2.16. The summed E-state index contributed by atoms with van der Waals surface area (Å²) in [5, 5.41) is 5.50. The molecule has 134 valence electrons. The van der Waals surface area contributed by atoms with Crippen molar-refractivity contribution in [2.45, 2.75) is 18.9 Å². The minimum absolute atomic E-state index is 0.00527. The fourth-order valence-electron chi connectivity index (χ4n) is 3.32. The van der Waals surface area contributed by atoms with E-state index in [-0.39, 0.29) is 11.9 Å². The van der Waals surface area contributed by atoms with E-state index in [1.807, 2.05) is 48.5 Å². The zero-order valence-electron chi connectivity index (χ0n) is 14.9. The molecule has 0 saturated heterocycles. The van der Waals surface area contributed by atoms with Gasteiger partial charge in [-0.1, -0.05) is 72.8 Å². The molecule has 0 radical (unpaired) electrons. The van der Waals surface area contributed by atoms with Crippen LogP contribution < -0.4 is 5.32 Å². The maximum absolute atomic E-state index is 12.7. The van der Waals surface area contributed by atoms with Gasteiger partial charge >= 0.3 is 0 Å². The summed E-state index contributed by atoms with van der Waals surface area (Å²) in [6.45, 7) is 0. The number of imidazole rings is 1. The first-order valence-electron chi connectivity index (χ1n) is 9.08. The van der Waals surface area contributed by atoms with Gasteiger partial charge in [-0.05, 0) is 21.9 Å². The third kappa shape index (κ3) is 4.23. The van der Waals surface area contributed by atoms with Gasteiger partial charge in [0.25, 0.3) is 0 Å². The van der Waals surface area contributed by atoms with Gasteiger partial charge in [0.1, 0.15) is 5.82 Å². The highest BCUT2D eigenvalue weighted by Crippen LogP contribution is 2.19. The van der Waals surface area contributed by atoms with Crippen molar-refractivity contribution in [3.63, 3.8) is 0 Å². The number of benzene rings is 3. The van der Waals surface area contributed by atoms with Gasteiger partial charge in [0.2, 0.25) is 5.91 Å². The smallest absolute Gasteiger partial charge is 0.224 e. The maximum Gasteiger partial charge on any atom is 0.224 e. The number of H-pyrrole nitrogens is 1. The molecule has 1 unspecified atom stereocenters. The van der Waals surface area contributed by atoms with Crippen LogP contribution in [0.15, 0.2) is 85.2 Å². The van der Waals surface area contributed by atoms with E-state index in [0.29, 0.717) is 12.8 Å². The highest BCUT2D eigenvalue weighted by molar-refractivity contribution is 5.85. The molecule has 0 fully saturated rings. The van der Waals surface area contributed by atoms with Crippen molar-refractivity contribution in [2.24, 2.45) is 0 Å². The third-order valence-electron chi connectivity index (χ3n) is 4.67. The summed E-state index contributed by atoms with van der Waals surface area (Å²) in [5.41, 5.74) is 2.08. The van der Waals surface area contributed by atoms with Crippen LogP contribution in [0.1, 0.15) is 23.0 Å². The van der Waals surface area contributed by atoms with E-state index in [1.54, 1.807) is 12.4 Å². The number of aromatic amines is 1. The number of nitrogens with one attached hydrogen (secondary N) is 2. The van der Waals surface area contributed by atoms with Gasteiger partial charge in [-0.15, -0.1) is 0 Å². The number of nitrogens with zero attached hydrogens (tertiary/aromatic N) is 1. The molecule has 4 nitrogen and oxygen atoms in total. The first-order valence-corrected chi connectivity index (χ1v) is 9.08. The normalized spacial score (nSPS) is 12.0. The standard InChI is InChI=1S/C23H21N3O/c27-23(15-17-10-11-18-6-4-5-9-20(18)14-17)26-21(16-22-24-12-13-25-22)19-7-2-1-3-8-19/h1-14,21H,15-16H2,(H,24,25)(H,26,27). The molecule has 4 rings (SSSR count). The monoisotopic (exact) mass is 355 g/mol. The average Bonchev–Trinajstić information content (AvgIpc) is 3.21. The predicted molar refractivity (Wildman–Crippen MR) is 107 cm³/mol. The quantitative estimate of drug-likeness (QED) is 0.544. The van der Waals surface area contributed by atoms with E-state index >= 15 is 0 Å². The minimum atomic E-state index is -0.120. The molecule has 0 aliphatic heterocycles. The molecule has 0 aliphatic carbocycles. The molecule has 1 aromatic heterocycles. The molecule has 0 aliphatic rings. The first-order chi connectivity index (χ1) is 13.3. The average molecular weight is 355 g/mol. The lowest BCUT2D eigenvalue weighted by Crippen LogP contribution is -2.31. The van der Waals surface area contributed by atoms with E-state index in [1.165, 1.54) is 5.39 Å². The molecular weight excluding hydrogens is 334 g/mol. The first kappa shape index (κ1) is 17.0. The molecule has 1 heterocycles. The molecule has 1 atom stereocenters. The lowest BCUT2D eigenvalue weighted by atomic mass is 10.0. The van der Waals surface area contributed by atoms with E-state index in [0.717, 1.165) is 22.3 Å². The van der Waals surface area contributed by atoms with E-state index in [2.05, 4.69) is 39.6 Å². The lowest BCUT2D eigenvalue weighted by molar-refractivity contribution is -0.121. The fraction of sp³-hybridized carbons (Fsp3) is 0.130. The molecule has 27 heavy (non-hydrogen) atoms. The van der Waals surface area contributed by atoms with Crippen LogP contribution >= 0.6 is 0 Å². The van der Waals surface area contributed by atoms with Crippen molar-refractivity contribution in [2.75, 3.05) is 0 Å². The largest absolute Gasteiger partial charge is 0.349 e. The number of fused-ring (bicyclic) bond motifs is 1. The number of carbonyl (C=O) groups excluding carboxylic acids is 1. The predicted octanol–water partition coefficient (Wildman–Crippen LogP) is 4.21. The van der Waals surface area contributed by atoms with Gasteiger partial charge in [-0.2, -0.15) is 0 Å². The van der Waals surface area contributed by atoms with E-state index < -0.39 is 0 Å². The second-order valence-electron chi connectivity index (χ2n) is 6.63. The van der Waals surface area contributed by atoms with Gasteiger partial charge in [0.15, 0.2) is 0 Å². The van der Waals surface area contributed by atoms with E-state index in [4.69, 9.17) is 0 Å². The number of hydrogen-bond donors (Lipinski definition) is 2. The van der Waals surface area contributed by atoms with Crippen LogP contribution in [0.2, 0.25) is 0 Å².